The van der Waals surface area contributed by atoms with Gasteiger partial charge in [-0.05, 0) is 6.42 Å². The van der Waals surface area contributed by atoms with E-state index in [0.29, 0.717) is 0 Å². The van der Waals surface area contributed by atoms with E-state index in [0.717, 1.165) is 19.3 Å². The van der Waals surface area contributed by atoms with Crippen molar-refractivity contribution in [2.75, 3.05) is 7.11 Å². The summed E-state index contributed by atoms with van der Waals surface area (Å²) in [5, 5.41) is 0. The highest BCUT2D eigenvalue weighted by Crippen LogP contribution is 2.04. The molecule has 13 heavy (non-hydrogen) atoms. The lowest BCUT2D eigenvalue weighted by molar-refractivity contribution is -0.142. The number of unbranched alkanes of at least 4 members (excludes halogenated alkanes) is 3. The van der Waals surface area contributed by atoms with Gasteiger partial charge in [-0.1, -0.05) is 32.6 Å². The summed E-state index contributed by atoms with van der Waals surface area (Å²) in [6, 6.07) is -0.424. The van der Waals surface area contributed by atoms with Crippen LogP contribution in [0.1, 0.15) is 39.0 Å². The maximum atomic E-state index is 10.8. The molecule has 0 saturated carbocycles. The molecule has 4 heteroatoms. The molecular weight excluding hydrogens is 190 g/mol. The molecule has 0 rings (SSSR count). The third-order valence-corrected chi connectivity index (χ3v) is 1.87. The molecule has 0 unspecified atom stereocenters. The predicted octanol–water partition coefficient (Wildman–Crippen LogP) is 1.88. The zero-order valence-electron chi connectivity index (χ0n) is 8.41. The first-order valence-electron chi connectivity index (χ1n) is 4.55. The minimum Gasteiger partial charge on any atom is -0.468 e. The van der Waals surface area contributed by atoms with Gasteiger partial charge in [0.25, 0.3) is 0 Å². The number of halogens is 1. The molecule has 0 aliphatic rings. The second-order valence-corrected chi connectivity index (χ2v) is 2.98. The molecule has 0 aromatic heterocycles. The number of ether oxygens (including phenoxy) is 1. The van der Waals surface area contributed by atoms with Crippen LogP contribution in [0.3, 0.4) is 0 Å². The molecule has 0 radical (unpaired) electrons. The van der Waals surface area contributed by atoms with E-state index in [4.69, 9.17) is 5.73 Å². The number of rotatable bonds is 6. The maximum absolute atomic E-state index is 10.8. The van der Waals surface area contributed by atoms with Gasteiger partial charge in [0.2, 0.25) is 0 Å². The molecule has 0 aliphatic heterocycles. The Morgan fingerprint density at radius 3 is 2.46 bits per heavy atom. The maximum Gasteiger partial charge on any atom is 0.322 e. The first kappa shape index (κ1) is 15.2. The van der Waals surface area contributed by atoms with E-state index < -0.39 is 6.04 Å². The fourth-order valence-corrected chi connectivity index (χ4v) is 1.06. The Kier molecular flexibility index (Phi) is 11.5. The van der Waals surface area contributed by atoms with Crippen LogP contribution in [0.5, 0.6) is 0 Å². The van der Waals surface area contributed by atoms with Crippen molar-refractivity contribution in [3.8, 4) is 0 Å². The number of esters is 1. The summed E-state index contributed by atoms with van der Waals surface area (Å²) in [4.78, 5) is 10.8. The van der Waals surface area contributed by atoms with Crippen LogP contribution in [-0.4, -0.2) is 19.1 Å². The largest absolute Gasteiger partial charge is 0.468 e. The van der Waals surface area contributed by atoms with Gasteiger partial charge < -0.3 is 10.5 Å². The second kappa shape index (κ2) is 9.81. The van der Waals surface area contributed by atoms with Crippen molar-refractivity contribution in [1.29, 1.82) is 0 Å². The molecule has 0 heterocycles. The lowest BCUT2D eigenvalue weighted by atomic mass is 10.1. The molecule has 2 N–H and O–H groups in total. The van der Waals surface area contributed by atoms with Crippen molar-refractivity contribution in [2.45, 2.75) is 45.1 Å². The average Bonchev–Trinajstić information content (AvgIpc) is 2.10. The number of hydrogen-bond acceptors (Lipinski definition) is 3. The van der Waals surface area contributed by atoms with E-state index in [2.05, 4.69) is 11.7 Å². The summed E-state index contributed by atoms with van der Waals surface area (Å²) in [6.45, 7) is 2.15. The Morgan fingerprint density at radius 1 is 1.38 bits per heavy atom. The number of carbonyl (C=O) groups excluding carboxylic acids is 1. The van der Waals surface area contributed by atoms with E-state index in [1.165, 1.54) is 20.0 Å². The molecule has 0 amide bonds. The zero-order valence-corrected chi connectivity index (χ0v) is 9.23. The normalized spacial score (nSPS) is 11.6. The Morgan fingerprint density at radius 2 is 2.00 bits per heavy atom. The number of carbonyl (C=O) groups is 1. The van der Waals surface area contributed by atoms with E-state index in [9.17, 15) is 4.79 Å². The molecule has 0 aromatic carbocycles. The van der Waals surface area contributed by atoms with Gasteiger partial charge in [0.15, 0.2) is 0 Å². The van der Waals surface area contributed by atoms with Gasteiger partial charge >= 0.3 is 5.97 Å². The summed E-state index contributed by atoms with van der Waals surface area (Å²) >= 11 is 0. The van der Waals surface area contributed by atoms with Crippen molar-refractivity contribution >= 4 is 18.4 Å². The SMILES string of the molecule is CCCCCC[C@H](N)C(=O)OC.Cl. The zero-order chi connectivity index (χ0) is 9.40. The van der Waals surface area contributed by atoms with Crippen molar-refractivity contribution in [1.82, 2.24) is 0 Å². The molecule has 0 aliphatic carbocycles. The van der Waals surface area contributed by atoms with Gasteiger partial charge in [-0.15, -0.1) is 12.4 Å². The second-order valence-electron chi connectivity index (χ2n) is 2.98. The van der Waals surface area contributed by atoms with Gasteiger partial charge in [-0.3, -0.25) is 4.79 Å². The van der Waals surface area contributed by atoms with Crippen LogP contribution in [0.2, 0.25) is 0 Å². The van der Waals surface area contributed by atoms with Crippen molar-refractivity contribution in [3.63, 3.8) is 0 Å². The highest BCUT2D eigenvalue weighted by Gasteiger charge is 2.11. The Labute approximate surface area is 86.4 Å². The highest BCUT2D eigenvalue weighted by molar-refractivity contribution is 5.85. The molecule has 0 bridgehead atoms. The van der Waals surface area contributed by atoms with Gasteiger partial charge in [0.05, 0.1) is 7.11 Å². The van der Waals surface area contributed by atoms with E-state index >= 15 is 0 Å². The average molecular weight is 210 g/mol. The van der Waals surface area contributed by atoms with Crippen molar-refractivity contribution < 1.29 is 9.53 Å². The van der Waals surface area contributed by atoms with Gasteiger partial charge in [-0.25, -0.2) is 0 Å². The van der Waals surface area contributed by atoms with Gasteiger partial charge in [-0.2, -0.15) is 0 Å². The molecule has 1 atom stereocenters. The lowest BCUT2D eigenvalue weighted by Gasteiger charge is -2.07. The minimum atomic E-state index is -0.424. The minimum absolute atomic E-state index is 0. The Bertz CT molecular complexity index is 131. The summed E-state index contributed by atoms with van der Waals surface area (Å²) in [6.07, 6.45) is 5.33. The Balaban J connectivity index is 0. The van der Waals surface area contributed by atoms with Crippen LogP contribution in [0, 0.1) is 0 Å². The highest BCUT2D eigenvalue weighted by atomic mass is 35.5. The monoisotopic (exact) mass is 209 g/mol. The van der Waals surface area contributed by atoms with E-state index in [1.807, 2.05) is 0 Å². The number of nitrogens with two attached hydrogens (primary N) is 1. The van der Waals surface area contributed by atoms with Crippen LogP contribution in [0.25, 0.3) is 0 Å². The van der Waals surface area contributed by atoms with Crippen molar-refractivity contribution in [3.05, 3.63) is 0 Å². The van der Waals surface area contributed by atoms with Crippen LogP contribution in [0.15, 0.2) is 0 Å². The van der Waals surface area contributed by atoms with Gasteiger partial charge in [0.1, 0.15) is 6.04 Å². The molecular formula is C9H20ClNO2. The fraction of sp³-hybridized carbons (Fsp3) is 0.889. The summed E-state index contributed by atoms with van der Waals surface area (Å²) in [5.74, 6) is -0.300. The number of hydrogen-bond donors (Lipinski definition) is 1. The fourth-order valence-electron chi connectivity index (χ4n) is 1.06. The smallest absolute Gasteiger partial charge is 0.322 e. The third-order valence-electron chi connectivity index (χ3n) is 1.87. The van der Waals surface area contributed by atoms with Crippen LogP contribution in [0.4, 0.5) is 0 Å². The van der Waals surface area contributed by atoms with Crippen LogP contribution < -0.4 is 5.73 Å². The van der Waals surface area contributed by atoms with Gasteiger partial charge in [0, 0.05) is 0 Å². The quantitative estimate of drug-likeness (QED) is 0.537. The Hall–Kier alpha value is -0.280. The molecule has 0 spiro atoms. The van der Waals surface area contributed by atoms with Crippen molar-refractivity contribution in [2.24, 2.45) is 5.73 Å². The third kappa shape index (κ3) is 8.06. The summed E-state index contributed by atoms with van der Waals surface area (Å²) in [5.41, 5.74) is 5.54. The molecule has 0 saturated heterocycles. The predicted molar refractivity (Wildman–Crippen MR) is 56.0 cm³/mol. The molecule has 0 fully saturated rings. The molecule has 0 aromatic rings. The summed E-state index contributed by atoms with van der Waals surface area (Å²) in [7, 11) is 1.37. The first-order chi connectivity index (χ1) is 5.72. The molecule has 80 valence electrons. The standard InChI is InChI=1S/C9H19NO2.ClH/c1-3-4-5-6-7-8(10)9(11)12-2;/h8H,3-7,10H2,1-2H3;1H/t8-;/m0./s1. The topological polar surface area (TPSA) is 52.3 Å². The van der Waals surface area contributed by atoms with E-state index in [1.54, 1.807) is 0 Å². The lowest BCUT2D eigenvalue weighted by Crippen LogP contribution is -2.31. The van der Waals surface area contributed by atoms with Crippen LogP contribution in [-0.2, 0) is 9.53 Å². The summed E-state index contributed by atoms with van der Waals surface area (Å²) < 4.78 is 4.51. The molecule has 3 nitrogen and oxygen atoms in total. The number of methoxy groups -OCH3 is 1. The first-order valence-corrected chi connectivity index (χ1v) is 4.55. The van der Waals surface area contributed by atoms with E-state index in [-0.39, 0.29) is 18.4 Å². The van der Waals surface area contributed by atoms with Crippen LogP contribution >= 0.6 is 12.4 Å².